The lowest BCUT2D eigenvalue weighted by Crippen LogP contribution is -2.39. The Kier molecular flexibility index (Phi) is 5.82. The van der Waals surface area contributed by atoms with Gasteiger partial charge in [-0.25, -0.2) is 22.3 Å². The van der Waals surface area contributed by atoms with Crippen LogP contribution in [0.4, 0.5) is 4.39 Å². The van der Waals surface area contributed by atoms with Gasteiger partial charge in [0, 0.05) is 12.6 Å². The molecule has 1 unspecified atom stereocenters. The van der Waals surface area contributed by atoms with E-state index in [0.717, 1.165) is 18.2 Å². The predicted molar refractivity (Wildman–Crippen MR) is 74.0 cm³/mol. The van der Waals surface area contributed by atoms with Crippen molar-refractivity contribution >= 4 is 16.0 Å². The van der Waals surface area contributed by atoms with Gasteiger partial charge in [0.15, 0.2) is 0 Å². The summed E-state index contributed by atoms with van der Waals surface area (Å²) in [5.74, 6) is -2.61. The van der Waals surface area contributed by atoms with Crippen molar-refractivity contribution in [3.05, 3.63) is 29.6 Å². The number of benzene rings is 1. The first-order valence-electron chi connectivity index (χ1n) is 6.35. The zero-order valence-electron chi connectivity index (χ0n) is 11.7. The molecule has 0 aliphatic rings. The Morgan fingerprint density at radius 1 is 1.38 bits per heavy atom. The number of carbonyl (C=O) groups is 1. The third-order valence-corrected chi connectivity index (χ3v) is 4.52. The van der Waals surface area contributed by atoms with Crippen molar-refractivity contribution in [3.63, 3.8) is 0 Å². The lowest BCUT2D eigenvalue weighted by atomic mass is 10.0. The highest BCUT2D eigenvalue weighted by Crippen LogP contribution is 2.17. The number of aliphatic hydroxyl groups is 1. The molecule has 0 aliphatic heterocycles. The van der Waals surface area contributed by atoms with Gasteiger partial charge in [0.25, 0.3) is 0 Å². The maximum absolute atomic E-state index is 13.3. The SMILES string of the molecule is CC(C)C(CCO)NS(=O)(=O)c1ccc(F)c(C(=O)O)c1. The summed E-state index contributed by atoms with van der Waals surface area (Å²) in [5.41, 5.74) is -0.707. The van der Waals surface area contributed by atoms with Crippen molar-refractivity contribution in [3.8, 4) is 0 Å². The fourth-order valence-corrected chi connectivity index (χ4v) is 3.22. The van der Waals surface area contributed by atoms with Crippen LogP contribution in [0.15, 0.2) is 23.1 Å². The maximum atomic E-state index is 13.3. The van der Waals surface area contributed by atoms with E-state index in [1.807, 2.05) is 0 Å². The summed E-state index contributed by atoms with van der Waals surface area (Å²) in [6.07, 6.45) is 0.226. The van der Waals surface area contributed by atoms with Crippen LogP contribution in [0.2, 0.25) is 0 Å². The van der Waals surface area contributed by atoms with Crippen LogP contribution in [0.3, 0.4) is 0 Å². The van der Waals surface area contributed by atoms with Crippen molar-refractivity contribution in [2.24, 2.45) is 5.92 Å². The zero-order chi connectivity index (χ0) is 16.2. The number of rotatable bonds is 7. The van der Waals surface area contributed by atoms with Crippen LogP contribution in [0, 0.1) is 11.7 Å². The minimum absolute atomic E-state index is 0.0636. The molecule has 0 saturated heterocycles. The van der Waals surface area contributed by atoms with Gasteiger partial charge in [0.05, 0.1) is 10.5 Å². The highest BCUT2D eigenvalue weighted by Gasteiger charge is 2.24. The zero-order valence-corrected chi connectivity index (χ0v) is 12.5. The number of aliphatic hydroxyl groups excluding tert-OH is 1. The second kappa shape index (κ2) is 6.97. The highest BCUT2D eigenvalue weighted by molar-refractivity contribution is 7.89. The number of hydrogen-bond donors (Lipinski definition) is 3. The summed E-state index contributed by atoms with van der Waals surface area (Å²) in [5, 5.41) is 17.8. The molecule has 0 bridgehead atoms. The Labute approximate surface area is 122 Å². The predicted octanol–water partition coefficient (Wildman–Crippen LogP) is 1.21. The standard InChI is InChI=1S/C13H18FNO5S/c1-8(2)12(5-6-16)15-21(19,20)9-3-4-11(14)10(7-9)13(17)18/h3-4,7-8,12,15-16H,5-6H2,1-2H3,(H,17,18). The topological polar surface area (TPSA) is 104 Å². The number of nitrogens with one attached hydrogen (secondary N) is 1. The molecule has 3 N–H and O–H groups in total. The monoisotopic (exact) mass is 319 g/mol. The van der Waals surface area contributed by atoms with E-state index in [1.54, 1.807) is 13.8 Å². The first kappa shape index (κ1) is 17.5. The summed E-state index contributed by atoms with van der Waals surface area (Å²) in [6.45, 7) is 3.39. The molecule has 1 rings (SSSR count). The largest absolute Gasteiger partial charge is 0.478 e. The highest BCUT2D eigenvalue weighted by atomic mass is 32.2. The van der Waals surface area contributed by atoms with Crippen molar-refractivity contribution in [1.82, 2.24) is 4.72 Å². The van der Waals surface area contributed by atoms with Gasteiger partial charge >= 0.3 is 5.97 Å². The summed E-state index contributed by atoms with van der Waals surface area (Å²) in [4.78, 5) is 10.5. The van der Waals surface area contributed by atoms with E-state index in [0.29, 0.717) is 0 Å². The molecule has 1 aromatic carbocycles. The van der Waals surface area contributed by atoms with Gasteiger partial charge < -0.3 is 10.2 Å². The molecule has 0 fully saturated rings. The Bertz CT molecular complexity index is 615. The van der Waals surface area contributed by atoms with Crippen molar-refractivity contribution in [2.45, 2.75) is 31.2 Å². The fraction of sp³-hybridized carbons (Fsp3) is 0.462. The summed E-state index contributed by atoms with van der Waals surface area (Å²) >= 11 is 0. The Balaban J connectivity index is 3.13. The second-order valence-corrected chi connectivity index (χ2v) is 6.64. The molecule has 0 spiro atoms. The van der Waals surface area contributed by atoms with Crippen molar-refractivity contribution < 1.29 is 27.8 Å². The van der Waals surface area contributed by atoms with Crippen LogP contribution in [0.5, 0.6) is 0 Å². The molecule has 118 valence electrons. The van der Waals surface area contributed by atoms with Crippen molar-refractivity contribution in [2.75, 3.05) is 6.61 Å². The van der Waals surface area contributed by atoms with Gasteiger partial charge in [0.2, 0.25) is 10.0 Å². The van der Waals surface area contributed by atoms with E-state index >= 15 is 0 Å². The quantitative estimate of drug-likeness (QED) is 0.701. The first-order valence-corrected chi connectivity index (χ1v) is 7.83. The third kappa shape index (κ3) is 4.48. The molecule has 0 amide bonds. The Hall–Kier alpha value is -1.51. The molecule has 0 saturated carbocycles. The van der Waals surface area contributed by atoms with E-state index in [-0.39, 0.29) is 23.8 Å². The number of hydrogen-bond acceptors (Lipinski definition) is 4. The molecule has 0 aliphatic carbocycles. The summed E-state index contributed by atoms with van der Waals surface area (Å²) in [6, 6.07) is 2.07. The normalized spacial score (nSPS) is 13.4. The molecule has 1 aromatic rings. The van der Waals surface area contributed by atoms with Gasteiger partial charge in [-0.15, -0.1) is 0 Å². The minimum atomic E-state index is -3.99. The van der Waals surface area contributed by atoms with Crippen LogP contribution in [-0.2, 0) is 10.0 Å². The lowest BCUT2D eigenvalue weighted by Gasteiger charge is -2.21. The van der Waals surface area contributed by atoms with Gasteiger partial charge in [-0.2, -0.15) is 0 Å². The van der Waals surface area contributed by atoms with Gasteiger partial charge in [-0.1, -0.05) is 13.8 Å². The van der Waals surface area contributed by atoms with E-state index in [1.165, 1.54) is 0 Å². The van der Waals surface area contributed by atoms with Crippen LogP contribution >= 0.6 is 0 Å². The van der Waals surface area contributed by atoms with Crippen LogP contribution in [-0.4, -0.2) is 37.2 Å². The smallest absolute Gasteiger partial charge is 0.338 e. The molecule has 0 aromatic heterocycles. The number of sulfonamides is 1. The number of aromatic carboxylic acids is 1. The van der Waals surface area contributed by atoms with Crippen LogP contribution in [0.25, 0.3) is 0 Å². The first-order chi connectivity index (χ1) is 9.69. The summed E-state index contributed by atoms with van der Waals surface area (Å²) < 4.78 is 40.1. The Morgan fingerprint density at radius 3 is 2.48 bits per heavy atom. The minimum Gasteiger partial charge on any atom is -0.478 e. The molecule has 0 radical (unpaired) electrons. The van der Waals surface area contributed by atoms with E-state index in [4.69, 9.17) is 10.2 Å². The molecular weight excluding hydrogens is 301 g/mol. The van der Waals surface area contributed by atoms with Gasteiger partial charge in [-0.05, 0) is 30.5 Å². The van der Waals surface area contributed by atoms with Crippen molar-refractivity contribution in [1.29, 1.82) is 0 Å². The van der Waals surface area contributed by atoms with E-state index < -0.39 is 33.4 Å². The number of carboxylic acid groups (broad SMARTS) is 1. The molecule has 21 heavy (non-hydrogen) atoms. The van der Waals surface area contributed by atoms with Gasteiger partial charge in [0.1, 0.15) is 5.82 Å². The van der Waals surface area contributed by atoms with Crippen LogP contribution < -0.4 is 4.72 Å². The fourth-order valence-electron chi connectivity index (χ4n) is 1.77. The molecule has 1 atom stereocenters. The summed E-state index contributed by atoms with van der Waals surface area (Å²) in [7, 11) is -3.99. The lowest BCUT2D eigenvalue weighted by molar-refractivity contribution is 0.0691. The average molecular weight is 319 g/mol. The molecular formula is C13H18FNO5S. The maximum Gasteiger partial charge on any atom is 0.338 e. The number of carboxylic acids is 1. The third-order valence-electron chi connectivity index (χ3n) is 3.03. The molecule has 8 heteroatoms. The van der Waals surface area contributed by atoms with E-state index in [2.05, 4.69) is 4.72 Å². The molecule has 6 nitrogen and oxygen atoms in total. The molecule has 0 heterocycles. The Morgan fingerprint density at radius 2 is 2.00 bits per heavy atom. The number of halogens is 1. The van der Waals surface area contributed by atoms with Gasteiger partial charge in [-0.3, -0.25) is 0 Å². The average Bonchev–Trinajstić information content (AvgIpc) is 2.37. The second-order valence-electron chi connectivity index (χ2n) is 4.93. The van der Waals surface area contributed by atoms with Crippen LogP contribution in [0.1, 0.15) is 30.6 Å². The van der Waals surface area contributed by atoms with E-state index in [9.17, 15) is 17.6 Å².